The first-order valence-electron chi connectivity index (χ1n) is 3.30. The van der Waals surface area contributed by atoms with E-state index < -0.39 is 11.3 Å². The summed E-state index contributed by atoms with van der Waals surface area (Å²) in [5.41, 5.74) is 0. The van der Waals surface area contributed by atoms with Crippen molar-refractivity contribution in [3.05, 3.63) is 0 Å². The molecule has 0 heterocycles. The van der Waals surface area contributed by atoms with E-state index in [0.717, 1.165) is 12.8 Å². The minimum Gasteiger partial charge on any atom is -0.760 e. The van der Waals surface area contributed by atoms with Gasteiger partial charge in [-0.2, -0.15) is 0 Å². The van der Waals surface area contributed by atoms with E-state index in [1.54, 1.807) is 0 Å². The lowest BCUT2D eigenvalue weighted by atomic mass is 10.4. The molecule has 0 bridgehead atoms. The van der Waals surface area contributed by atoms with E-state index in [0.29, 0.717) is 0 Å². The molecule has 0 saturated heterocycles. The molecule has 0 aromatic carbocycles. The van der Waals surface area contributed by atoms with E-state index in [1.807, 2.05) is 4.72 Å². The molecule has 1 fully saturated rings. The quantitative estimate of drug-likeness (QED) is 0.420. The molecule has 5 nitrogen and oxygen atoms in total. The predicted octanol–water partition coefficient (Wildman–Crippen LogP) is -1.15. The van der Waals surface area contributed by atoms with Crippen LogP contribution >= 0.6 is 0 Å². The molecule has 1 aliphatic carbocycles. The van der Waals surface area contributed by atoms with Gasteiger partial charge in [-0.25, -0.2) is 4.72 Å². The Labute approximate surface area is 67.0 Å². The highest BCUT2D eigenvalue weighted by molar-refractivity contribution is 7.77. The molecular weight excluding hydrogens is 168 g/mol. The molecule has 0 aliphatic heterocycles. The lowest BCUT2D eigenvalue weighted by Crippen LogP contribution is -2.35. The number of hydrogen-bond acceptors (Lipinski definition) is 3. The average Bonchev–Trinajstić information content (AvgIpc) is 2.66. The van der Waals surface area contributed by atoms with E-state index in [2.05, 4.69) is 5.32 Å². The maximum atomic E-state index is 10.8. The maximum absolute atomic E-state index is 10.8. The summed E-state index contributed by atoms with van der Waals surface area (Å²) in [6.07, 6.45) is 1.85. The highest BCUT2D eigenvalue weighted by Crippen LogP contribution is 2.28. The Bertz CT molecular complexity index is 181. The van der Waals surface area contributed by atoms with Crippen molar-refractivity contribution in [2.45, 2.75) is 12.8 Å². The minimum atomic E-state index is -2.29. The molecule has 1 atom stereocenters. The van der Waals surface area contributed by atoms with Crippen molar-refractivity contribution in [1.29, 1.82) is 0 Å². The number of carbonyl (C=O) groups excluding carboxylic acids is 1. The zero-order valence-electron chi connectivity index (χ0n) is 5.83. The van der Waals surface area contributed by atoms with Crippen LogP contribution in [-0.4, -0.2) is 21.3 Å². The highest BCUT2D eigenvalue weighted by atomic mass is 32.2. The fourth-order valence-corrected chi connectivity index (χ4v) is 0.862. The summed E-state index contributed by atoms with van der Waals surface area (Å²) in [5, 5.41) is 2.43. The lowest BCUT2D eigenvalue weighted by Gasteiger charge is -2.07. The van der Waals surface area contributed by atoms with E-state index >= 15 is 0 Å². The van der Waals surface area contributed by atoms with Crippen LogP contribution in [0.4, 0.5) is 0 Å². The smallest absolute Gasteiger partial charge is 0.224 e. The number of carbonyl (C=O) groups is 1. The van der Waals surface area contributed by atoms with Gasteiger partial charge in [-0.3, -0.25) is 9.00 Å². The fourth-order valence-electron chi connectivity index (χ4n) is 0.672. The predicted molar refractivity (Wildman–Crippen MR) is 37.8 cm³/mol. The molecular formula is C5H9N2O3S-. The fraction of sp³-hybridized carbons (Fsp3) is 0.800. The van der Waals surface area contributed by atoms with Gasteiger partial charge in [0, 0.05) is 17.2 Å². The molecule has 1 rings (SSSR count). The number of rotatable bonds is 4. The summed E-state index contributed by atoms with van der Waals surface area (Å²) in [5.74, 6) is 0.0554. The first-order chi connectivity index (χ1) is 5.20. The van der Waals surface area contributed by atoms with Crippen LogP contribution in [0.2, 0.25) is 0 Å². The number of hydrogen-bond donors (Lipinski definition) is 2. The van der Waals surface area contributed by atoms with Gasteiger partial charge in [-0.15, -0.1) is 0 Å². The van der Waals surface area contributed by atoms with Gasteiger partial charge in [0.1, 0.15) is 0 Å². The van der Waals surface area contributed by atoms with Crippen molar-refractivity contribution < 1.29 is 13.6 Å². The van der Waals surface area contributed by atoms with Crippen LogP contribution in [0.25, 0.3) is 0 Å². The molecule has 1 unspecified atom stereocenters. The van der Waals surface area contributed by atoms with Gasteiger partial charge >= 0.3 is 0 Å². The zero-order chi connectivity index (χ0) is 8.27. The maximum Gasteiger partial charge on any atom is 0.224 e. The van der Waals surface area contributed by atoms with Gasteiger partial charge in [0.25, 0.3) is 0 Å². The van der Waals surface area contributed by atoms with Crippen molar-refractivity contribution >= 4 is 17.2 Å². The van der Waals surface area contributed by atoms with Crippen LogP contribution in [0.5, 0.6) is 0 Å². The lowest BCUT2D eigenvalue weighted by molar-refractivity contribution is -0.122. The summed E-state index contributed by atoms with van der Waals surface area (Å²) in [6, 6.07) is 0. The summed E-state index contributed by atoms with van der Waals surface area (Å²) in [6.45, 7) is -0.00849. The molecule has 1 amide bonds. The van der Waals surface area contributed by atoms with Crippen molar-refractivity contribution in [1.82, 2.24) is 10.0 Å². The zero-order valence-corrected chi connectivity index (χ0v) is 6.65. The molecule has 0 aromatic heterocycles. The Morgan fingerprint density at radius 1 is 1.64 bits per heavy atom. The van der Waals surface area contributed by atoms with Crippen LogP contribution in [-0.2, 0) is 16.1 Å². The normalized spacial score (nSPS) is 19.4. The molecule has 0 radical (unpaired) electrons. The first kappa shape index (κ1) is 8.63. The number of nitrogens with one attached hydrogen (secondary N) is 2. The van der Waals surface area contributed by atoms with E-state index in [9.17, 15) is 13.6 Å². The van der Waals surface area contributed by atoms with E-state index in [1.165, 1.54) is 0 Å². The second-order valence-corrected chi connectivity index (χ2v) is 3.13. The van der Waals surface area contributed by atoms with Crippen LogP contribution in [0, 0.1) is 5.92 Å². The van der Waals surface area contributed by atoms with Gasteiger partial charge in [0.05, 0.1) is 6.67 Å². The summed E-state index contributed by atoms with van der Waals surface area (Å²) >= 11 is -2.29. The minimum absolute atomic E-state index is 0.00849. The molecule has 64 valence electrons. The summed E-state index contributed by atoms with van der Waals surface area (Å²) < 4.78 is 21.9. The summed E-state index contributed by atoms with van der Waals surface area (Å²) in [7, 11) is 0. The SMILES string of the molecule is O=C(NCNS(=O)[O-])C1CC1. The first-order valence-corrected chi connectivity index (χ1v) is 4.38. The average molecular weight is 177 g/mol. The topological polar surface area (TPSA) is 81.3 Å². The third kappa shape index (κ3) is 3.45. The van der Waals surface area contributed by atoms with Crippen molar-refractivity contribution in [3.63, 3.8) is 0 Å². The Kier molecular flexibility index (Phi) is 2.98. The Morgan fingerprint density at radius 2 is 2.27 bits per heavy atom. The second kappa shape index (κ2) is 3.80. The van der Waals surface area contributed by atoms with Crippen LogP contribution < -0.4 is 10.0 Å². The third-order valence-corrected chi connectivity index (χ3v) is 1.78. The Hall–Kier alpha value is -0.460. The van der Waals surface area contributed by atoms with Crippen LogP contribution in [0.1, 0.15) is 12.8 Å². The van der Waals surface area contributed by atoms with Crippen molar-refractivity contribution in [2.75, 3.05) is 6.67 Å². The molecule has 1 saturated carbocycles. The van der Waals surface area contributed by atoms with Crippen LogP contribution in [0.15, 0.2) is 0 Å². The molecule has 2 N–H and O–H groups in total. The van der Waals surface area contributed by atoms with Gasteiger partial charge in [0.15, 0.2) is 0 Å². The molecule has 0 spiro atoms. The van der Waals surface area contributed by atoms with Crippen molar-refractivity contribution in [3.8, 4) is 0 Å². The second-order valence-electron chi connectivity index (χ2n) is 2.37. The van der Waals surface area contributed by atoms with E-state index in [4.69, 9.17) is 0 Å². The monoisotopic (exact) mass is 177 g/mol. The van der Waals surface area contributed by atoms with Crippen molar-refractivity contribution in [2.24, 2.45) is 5.92 Å². The van der Waals surface area contributed by atoms with Gasteiger partial charge in [-0.05, 0) is 12.8 Å². The molecule has 1 aliphatic rings. The van der Waals surface area contributed by atoms with E-state index in [-0.39, 0.29) is 18.5 Å². The third-order valence-electron chi connectivity index (χ3n) is 1.40. The standard InChI is InChI=1S/C5H10N2O3S/c8-5(4-1-2-4)6-3-7-11(9)10/h4,7H,1-3H2,(H,6,8)(H,9,10)/p-1. The highest BCUT2D eigenvalue weighted by Gasteiger charge is 2.28. The Balaban J connectivity index is 2.02. The van der Waals surface area contributed by atoms with Gasteiger partial charge in [-0.1, -0.05) is 0 Å². The summed E-state index contributed by atoms with van der Waals surface area (Å²) in [4.78, 5) is 10.8. The molecule has 11 heavy (non-hydrogen) atoms. The van der Waals surface area contributed by atoms with Gasteiger partial charge < -0.3 is 9.87 Å². The van der Waals surface area contributed by atoms with Crippen LogP contribution in [0.3, 0.4) is 0 Å². The Morgan fingerprint density at radius 3 is 2.73 bits per heavy atom. The number of amides is 1. The van der Waals surface area contributed by atoms with Gasteiger partial charge in [0.2, 0.25) is 5.91 Å². The molecule has 6 heteroatoms. The molecule has 0 aromatic rings. The largest absolute Gasteiger partial charge is 0.760 e.